The third-order valence-electron chi connectivity index (χ3n) is 4.71. The third-order valence-corrected chi connectivity index (χ3v) is 4.71. The van der Waals surface area contributed by atoms with Crippen LogP contribution in [0.1, 0.15) is 32.6 Å². The lowest BCUT2D eigenvalue weighted by molar-refractivity contribution is -0.147. The van der Waals surface area contributed by atoms with E-state index in [-0.39, 0.29) is 24.0 Å². The number of amides is 2. The molecule has 120 valence electrons. The van der Waals surface area contributed by atoms with Crippen LogP contribution in [0.2, 0.25) is 0 Å². The Balaban J connectivity index is 1.84. The maximum absolute atomic E-state index is 12.0. The number of piperidine rings is 1. The van der Waals surface area contributed by atoms with E-state index in [9.17, 15) is 9.59 Å². The molecule has 2 rings (SSSR count). The van der Waals surface area contributed by atoms with Crippen molar-refractivity contribution in [2.75, 3.05) is 40.3 Å². The number of likely N-dealkylation sites (tertiary alicyclic amines) is 1. The van der Waals surface area contributed by atoms with Gasteiger partial charge < -0.3 is 19.9 Å². The van der Waals surface area contributed by atoms with Crippen LogP contribution in [0.3, 0.4) is 0 Å². The Hall–Kier alpha value is -1.14. The summed E-state index contributed by atoms with van der Waals surface area (Å²) in [7, 11) is 4.24. The van der Waals surface area contributed by atoms with Gasteiger partial charge in [-0.05, 0) is 39.8 Å². The highest BCUT2D eigenvalue weighted by Crippen LogP contribution is 2.36. The maximum Gasteiger partial charge on any atom is 0.241 e. The van der Waals surface area contributed by atoms with Gasteiger partial charge in [0.1, 0.15) is 0 Å². The molecule has 6 heteroatoms. The van der Waals surface area contributed by atoms with Gasteiger partial charge in [0.15, 0.2) is 0 Å². The van der Waals surface area contributed by atoms with Gasteiger partial charge in [-0.15, -0.1) is 0 Å². The first-order valence-electron chi connectivity index (χ1n) is 7.74. The van der Waals surface area contributed by atoms with Gasteiger partial charge in [0, 0.05) is 32.7 Å². The molecule has 0 bridgehead atoms. The molecule has 0 unspecified atom stereocenters. The highest BCUT2D eigenvalue weighted by molar-refractivity contribution is 5.83. The monoisotopic (exact) mass is 297 g/mol. The lowest BCUT2D eigenvalue weighted by Gasteiger charge is -2.47. The van der Waals surface area contributed by atoms with Crippen LogP contribution in [0.5, 0.6) is 0 Å². The summed E-state index contributed by atoms with van der Waals surface area (Å²) in [5.74, 6) is -0.165. The molecular weight excluding hydrogens is 270 g/mol. The minimum absolute atomic E-state index is 0.0000176. The van der Waals surface area contributed by atoms with Crippen molar-refractivity contribution in [2.24, 2.45) is 0 Å². The highest BCUT2D eigenvalue weighted by atomic mass is 16.5. The molecule has 1 atom stereocenters. The zero-order valence-corrected chi connectivity index (χ0v) is 13.4. The number of nitrogens with one attached hydrogen (secondary N) is 1. The van der Waals surface area contributed by atoms with Crippen LogP contribution in [-0.4, -0.2) is 73.6 Å². The fourth-order valence-electron chi connectivity index (χ4n) is 3.27. The van der Waals surface area contributed by atoms with Gasteiger partial charge in [-0.3, -0.25) is 9.59 Å². The molecule has 21 heavy (non-hydrogen) atoms. The van der Waals surface area contributed by atoms with Crippen molar-refractivity contribution >= 4 is 11.8 Å². The van der Waals surface area contributed by atoms with E-state index in [0.29, 0.717) is 6.04 Å². The fourth-order valence-corrected chi connectivity index (χ4v) is 3.27. The maximum atomic E-state index is 12.0. The van der Waals surface area contributed by atoms with E-state index in [0.717, 1.165) is 45.4 Å². The molecule has 0 aromatic rings. The molecule has 1 spiro atoms. The minimum atomic E-state index is -0.165. The average Bonchev–Trinajstić information content (AvgIpc) is 2.45. The van der Waals surface area contributed by atoms with E-state index in [1.54, 1.807) is 0 Å². The van der Waals surface area contributed by atoms with Crippen molar-refractivity contribution < 1.29 is 14.3 Å². The topological polar surface area (TPSA) is 61.9 Å². The van der Waals surface area contributed by atoms with Gasteiger partial charge in [-0.2, -0.15) is 0 Å². The van der Waals surface area contributed by atoms with E-state index in [4.69, 9.17) is 4.74 Å². The van der Waals surface area contributed by atoms with Crippen LogP contribution in [0.4, 0.5) is 0 Å². The van der Waals surface area contributed by atoms with Crippen LogP contribution in [0.25, 0.3) is 0 Å². The van der Waals surface area contributed by atoms with E-state index < -0.39 is 0 Å². The zero-order chi connectivity index (χ0) is 15.5. The molecular formula is C15H27N3O3. The second kappa shape index (κ2) is 6.75. The number of hydrogen-bond acceptors (Lipinski definition) is 4. The molecule has 2 saturated heterocycles. The molecule has 1 N–H and O–H groups in total. The Morgan fingerprint density at radius 3 is 2.57 bits per heavy atom. The smallest absolute Gasteiger partial charge is 0.241 e. The highest BCUT2D eigenvalue weighted by Gasteiger charge is 2.41. The number of rotatable bonds is 3. The number of nitrogens with zero attached hydrogens (tertiary/aromatic N) is 2. The number of hydrogen-bond donors (Lipinski definition) is 1. The van der Waals surface area contributed by atoms with E-state index in [2.05, 4.69) is 24.3 Å². The Labute approximate surface area is 126 Å². The SMILES string of the molecule is CC(=O)NCC(=O)N1CCC2(CC1)C[C@@H](N(C)C)CCO2. The third kappa shape index (κ3) is 4.17. The van der Waals surface area contributed by atoms with E-state index in [1.165, 1.54) is 6.92 Å². The molecule has 2 fully saturated rings. The first-order valence-corrected chi connectivity index (χ1v) is 7.74. The molecule has 0 radical (unpaired) electrons. The minimum Gasteiger partial charge on any atom is -0.375 e. The van der Waals surface area contributed by atoms with E-state index in [1.807, 2.05) is 4.90 Å². The van der Waals surface area contributed by atoms with Gasteiger partial charge in [0.25, 0.3) is 0 Å². The summed E-state index contributed by atoms with van der Waals surface area (Å²) in [5.41, 5.74) is -0.0576. The number of ether oxygens (including phenoxy) is 1. The second-order valence-corrected chi connectivity index (χ2v) is 6.43. The molecule has 0 aliphatic carbocycles. The normalized spacial score (nSPS) is 25.1. The van der Waals surface area contributed by atoms with Gasteiger partial charge in [-0.1, -0.05) is 0 Å². The molecule has 2 aliphatic heterocycles. The fraction of sp³-hybridized carbons (Fsp3) is 0.867. The zero-order valence-electron chi connectivity index (χ0n) is 13.4. The largest absolute Gasteiger partial charge is 0.375 e. The quantitative estimate of drug-likeness (QED) is 0.810. The lowest BCUT2D eigenvalue weighted by Crippen LogP contribution is -2.54. The number of carbonyl (C=O) groups is 2. The van der Waals surface area contributed by atoms with Crippen molar-refractivity contribution in [3.63, 3.8) is 0 Å². The van der Waals surface area contributed by atoms with Crippen molar-refractivity contribution in [3.05, 3.63) is 0 Å². The van der Waals surface area contributed by atoms with Gasteiger partial charge >= 0.3 is 0 Å². The Morgan fingerprint density at radius 2 is 2.00 bits per heavy atom. The average molecular weight is 297 g/mol. The summed E-state index contributed by atoms with van der Waals surface area (Å²) in [5, 5.41) is 2.57. The van der Waals surface area contributed by atoms with Crippen molar-refractivity contribution in [1.82, 2.24) is 15.1 Å². The Morgan fingerprint density at radius 1 is 1.33 bits per heavy atom. The Kier molecular flexibility index (Phi) is 5.22. The predicted molar refractivity (Wildman–Crippen MR) is 79.9 cm³/mol. The van der Waals surface area contributed by atoms with Crippen LogP contribution in [0, 0.1) is 0 Å². The first-order chi connectivity index (χ1) is 9.92. The van der Waals surface area contributed by atoms with Gasteiger partial charge in [0.2, 0.25) is 11.8 Å². The van der Waals surface area contributed by atoms with Gasteiger partial charge in [0.05, 0.1) is 12.1 Å². The summed E-state index contributed by atoms with van der Waals surface area (Å²) in [6.07, 6.45) is 3.92. The van der Waals surface area contributed by atoms with Crippen LogP contribution >= 0.6 is 0 Å². The summed E-state index contributed by atoms with van der Waals surface area (Å²) in [6.45, 7) is 3.78. The number of carbonyl (C=O) groups excluding carboxylic acids is 2. The molecule has 2 amide bonds. The molecule has 0 saturated carbocycles. The van der Waals surface area contributed by atoms with Crippen LogP contribution in [0.15, 0.2) is 0 Å². The summed E-state index contributed by atoms with van der Waals surface area (Å²) < 4.78 is 6.08. The Bertz CT molecular complexity index is 390. The van der Waals surface area contributed by atoms with Crippen molar-refractivity contribution in [1.29, 1.82) is 0 Å². The van der Waals surface area contributed by atoms with Crippen molar-refractivity contribution in [2.45, 2.75) is 44.2 Å². The molecule has 6 nitrogen and oxygen atoms in total. The van der Waals surface area contributed by atoms with Crippen LogP contribution in [-0.2, 0) is 14.3 Å². The summed E-state index contributed by atoms with van der Waals surface area (Å²) in [6, 6.07) is 0.570. The van der Waals surface area contributed by atoms with Gasteiger partial charge in [-0.25, -0.2) is 0 Å². The van der Waals surface area contributed by atoms with E-state index >= 15 is 0 Å². The standard InChI is InChI=1S/C15H27N3O3/c1-12(19)16-11-14(20)18-7-5-15(6-8-18)10-13(17(2)3)4-9-21-15/h13H,4-11H2,1-3H3,(H,16,19)/t13-/m0/s1. The molecule has 2 aliphatic rings. The molecule has 0 aromatic carbocycles. The lowest BCUT2D eigenvalue weighted by atomic mass is 9.82. The molecule has 2 heterocycles. The predicted octanol–water partition coefficient (Wildman–Crippen LogP) is 0.224. The molecule has 0 aromatic heterocycles. The second-order valence-electron chi connectivity index (χ2n) is 6.43. The van der Waals surface area contributed by atoms with Crippen molar-refractivity contribution in [3.8, 4) is 0 Å². The summed E-state index contributed by atoms with van der Waals surface area (Å²) >= 11 is 0. The van der Waals surface area contributed by atoms with Crippen LogP contribution < -0.4 is 5.32 Å². The summed E-state index contributed by atoms with van der Waals surface area (Å²) in [4.78, 5) is 27.0. The first kappa shape index (κ1) is 16.2.